The van der Waals surface area contributed by atoms with E-state index >= 15 is 0 Å². The molecule has 0 aliphatic heterocycles. The maximum Gasteiger partial charge on any atom is 0.317 e. The molecular formula is C30H21I7O7. The molecule has 44 heavy (non-hydrogen) atoms. The van der Waals surface area contributed by atoms with Crippen molar-refractivity contribution in [1.82, 2.24) is 0 Å². The van der Waals surface area contributed by atoms with Crippen LogP contribution < -0.4 is 9.47 Å². The van der Waals surface area contributed by atoms with Crippen LogP contribution in [0.3, 0.4) is 0 Å². The minimum absolute atomic E-state index is 0.0557. The molecule has 3 aromatic carbocycles. The summed E-state index contributed by atoms with van der Waals surface area (Å²) in [5.74, 6) is 1.57. The number of allylic oxidation sites excluding steroid dienone is 1. The monoisotopic (exact) mass is 1380 g/mol. The lowest BCUT2D eigenvalue weighted by molar-refractivity contribution is -0.158. The summed E-state index contributed by atoms with van der Waals surface area (Å²) in [6.07, 6.45) is 3.69. The number of phenolic OH excluding ortho intramolecular Hbond substituents is 1. The fourth-order valence-corrected chi connectivity index (χ4v) is 10.9. The molecule has 3 aromatic rings. The molecule has 0 spiro atoms. The Hall–Kier alpha value is 0.750. The number of aliphatic hydroxyl groups is 1. The van der Waals surface area contributed by atoms with E-state index in [1.807, 2.05) is 43.3 Å². The lowest BCUT2D eigenvalue weighted by Gasteiger charge is -2.21. The molecule has 0 saturated heterocycles. The Balaban J connectivity index is 1.40. The Morgan fingerprint density at radius 1 is 0.773 bits per heavy atom. The van der Waals surface area contributed by atoms with E-state index in [2.05, 4.69) is 158 Å². The minimum Gasteiger partial charge on any atom is -0.506 e. The number of ether oxygens (including phenoxy) is 3. The number of carbonyl (C=O) groups excluding carboxylic acids is 2. The van der Waals surface area contributed by atoms with E-state index in [9.17, 15) is 19.8 Å². The van der Waals surface area contributed by atoms with E-state index in [1.54, 1.807) is 12.1 Å². The van der Waals surface area contributed by atoms with Gasteiger partial charge in [0.2, 0.25) is 0 Å². The summed E-state index contributed by atoms with van der Waals surface area (Å²) in [5, 5.41) is 20.2. The molecule has 2 atom stereocenters. The van der Waals surface area contributed by atoms with Crippen molar-refractivity contribution in [2.45, 2.75) is 36.2 Å². The topological polar surface area (TPSA) is 102 Å². The number of hydrogen-bond acceptors (Lipinski definition) is 7. The van der Waals surface area contributed by atoms with E-state index in [0.717, 1.165) is 25.4 Å². The second kappa shape index (κ2) is 16.9. The van der Waals surface area contributed by atoms with E-state index in [0.29, 0.717) is 42.1 Å². The van der Waals surface area contributed by atoms with Crippen LogP contribution in [0.2, 0.25) is 0 Å². The normalized spacial score (nSPS) is 16.2. The average Bonchev–Trinajstić information content (AvgIpc) is 2.93. The number of aromatic hydroxyl groups is 1. The summed E-state index contributed by atoms with van der Waals surface area (Å²) >= 11 is 14.9. The zero-order chi connectivity index (χ0) is 32.3. The van der Waals surface area contributed by atoms with Gasteiger partial charge in [-0.3, -0.25) is 9.59 Å². The first-order chi connectivity index (χ1) is 20.7. The van der Waals surface area contributed by atoms with Gasteiger partial charge < -0.3 is 24.4 Å². The molecule has 232 valence electrons. The van der Waals surface area contributed by atoms with Crippen molar-refractivity contribution in [3.8, 4) is 23.0 Å². The maximum absolute atomic E-state index is 12.7. The number of aryl methyl sites for hydroxylation is 1. The van der Waals surface area contributed by atoms with Crippen molar-refractivity contribution in [3.05, 3.63) is 92.4 Å². The molecule has 7 nitrogen and oxygen atoms in total. The molecule has 0 radical (unpaired) electrons. The second-order valence-electron chi connectivity index (χ2n) is 9.43. The van der Waals surface area contributed by atoms with Crippen molar-refractivity contribution in [3.63, 3.8) is 0 Å². The number of phenols is 1. The molecule has 14 heteroatoms. The molecule has 0 aromatic heterocycles. The molecule has 1 aliphatic rings. The van der Waals surface area contributed by atoms with Crippen molar-refractivity contribution < 1.29 is 34.0 Å². The second-order valence-corrected chi connectivity index (χ2v) is 17.9. The van der Waals surface area contributed by atoms with Gasteiger partial charge in [-0.1, -0.05) is 35.6 Å². The molecule has 1 aliphatic carbocycles. The summed E-state index contributed by atoms with van der Waals surface area (Å²) < 4.78 is 22.1. The van der Waals surface area contributed by atoms with E-state index in [4.69, 9.17) is 14.2 Å². The van der Waals surface area contributed by atoms with Gasteiger partial charge in [-0.05, 0) is 201 Å². The zero-order valence-electron chi connectivity index (χ0n) is 22.5. The summed E-state index contributed by atoms with van der Waals surface area (Å²) in [6, 6.07) is 10.9. The lowest BCUT2D eigenvalue weighted by Crippen LogP contribution is -2.22. The SMILES string of the molecule is CCc1cc(CC(=O)OC(=O)Cc2cc(I)c(OC3=CC(I)C(O)C(I)=C3)c(I)c2)cc(I)c1Oc1cc(I)c(O)c(I)c1. The van der Waals surface area contributed by atoms with E-state index in [1.165, 1.54) is 0 Å². The number of hydrogen-bond donors (Lipinski definition) is 2. The van der Waals surface area contributed by atoms with E-state index < -0.39 is 18.0 Å². The number of rotatable bonds is 9. The first kappa shape index (κ1) is 37.6. The number of benzene rings is 3. The van der Waals surface area contributed by atoms with Gasteiger partial charge in [0.05, 0.1) is 34.6 Å². The van der Waals surface area contributed by atoms with Gasteiger partial charge in [0.25, 0.3) is 0 Å². The Labute approximate surface area is 350 Å². The van der Waals surface area contributed by atoms with Gasteiger partial charge in [-0.2, -0.15) is 0 Å². The van der Waals surface area contributed by atoms with Crippen LogP contribution in [0.4, 0.5) is 0 Å². The molecule has 2 N–H and O–H groups in total. The van der Waals surface area contributed by atoms with Crippen LogP contribution in [0.5, 0.6) is 23.0 Å². The largest absolute Gasteiger partial charge is 0.506 e. The van der Waals surface area contributed by atoms with Crippen LogP contribution >= 0.6 is 158 Å². The molecule has 0 amide bonds. The van der Waals surface area contributed by atoms with Crippen molar-refractivity contribution in [2.24, 2.45) is 0 Å². The predicted octanol–water partition coefficient (Wildman–Crippen LogP) is 9.38. The summed E-state index contributed by atoms with van der Waals surface area (Å²) in [5.41, 5.74) is 2.34. The zero-order valence-corrected chi connectivity index (χ0v) is 37.6. The smallest absolute Gasteiger partial charge is 0.317 e. The highest BCUT2D eigenvalue weighted by Crippen LogP contribution is 2.37. The Kier molecular flexibility index (Phi) is 14.4. The summed E-state index contributed by atoms with van der Waals surface area (Å²) in [6.45, 7) is 2.00. The molecule has 2 unspecified atom stereocenters. The van der Waals surface area contributed by atoms with Crippen LogP contribution in [0.15, 0.2) is 57.9 Å². The molecule has 0 saturated carbocycles. The van der Waals surface area contributed by atoms with Crippen molar-refractivity contribution in [2.75, 3.05) is 0 Å². The number of esters is 2. The highest BCUT2D eigenvalue weighted by atomic mass is 127. The summed E-state index contributed by atoms with van der Waals surface area (Å²) in [7, 11) is 0. The Bertz CT molecular complexity index is 1640. The molecule has 4 rings (SSSR count). The van der Waals surface area contributed by atoms with Crippen molar-refractivity contribution >= 4 is 170 Å². The lowest BCUT2D eigenvalue weighted by atomic mass is 10.1. The third-order valence-corrected chi connectivity index (χ3v) is 12.2. The van der Waals surface area contributed by atoms with Crippen LogP contribution in [0.25, 0.3) is 0 Å². The molecular weight excluding hydrogens is 1360 g/mol. The third-order valence-electron chi connectivity index (χ3n) is 6.16. The van der Waals surface area contributed by atoms with Crippen LogP contribution in [0, 0.1) is 17.9 Å². The Morgan fingerprint density at radius 2 is 1.30 bits per heavy atom. The summed E-state index contributed by atoms with van der Waals surface area (Å²) in [4.78, 5) is 25.4. The minimum atomic E-state index is -0.633. The Morgan fingerprint density at radius 3 is 1.82 bits per heavy atom. The van der Waals surface area contributed by atoms with Crippen LogP contribution in [-0.4, -0.2) is 32.2 Å². The maximum atomic E-state index is 12.7. The van der Waals surface area contributed by atoms with Gasteiger partial charge in [0.15, 0.2) is 5.75 Å². The van der Waals surface area contributed by atoms with Crippen molar-refractivity contribution in [1.29, 1.82) is 0 Å². The molecule has 0 bridgehead atoms. The number of aliphatic hydroxyl groups excluding tert-OH is 1. The third kappa shape index (κ3) is 9.90. The van der Waals surface area contributed by atoms with E-state index in [-0.39, 0.29) is 22.5 Å². The van der Waals surface area contributed by atoms with Gasteiger partial charge in [0.1, 0.15) is 29.1 Å². The quantitative estimate of drug-likeness (QED) is 0.0954. The molecule has 0 heterocycles. The number of alkyl halides is 1. The molecule has 0 fully saturated rings. The van der Waals surface area contributed by atoms with Crippen LogP contribution in [-0.2, 0) is 33.6 Å². The highest BCUT2D eigenvalue weighted by molar-refractivity contribution is 14.1. The number of carbonyl (C=O) groups is 2. The van der Waals surface area contributed by atoms with Crippen LogP contribution in [0.1, 0.15) is 23.6 Å². The van der Waals surface area contributed by atoms with Gasteiger partial charge in [-0.15, -0.1) is 0 Å². The average molecular weight is 1380 g/mol. The fourth-order valence-electron chi connectivity index (χ4n) is 4.11. The highest BCUT2D eigenvalue weighted by Gasteiger charge is 2.24. The van der Waals surface area contributed by atoms with Gasteiger partial charge in [-0.25, -0.2) is 0 Å². The standard InChI is InChI=1S/C30H21I7O7/c1-2-15-3-13(4-22(35)29(15)42-16-9-18(31)27(40)19(32)10-16)7-25(38)44-26(39)8-14-5-23(36)30(24(37)6-14)43-17-11-20(33)28(41)21(34)12-17/h3-6,9-12,20,28,40-41H,2,7-8H2,1H3. The number of halogens is 7. The fraction of sp³-hybridized carbons (Fsp3) is 0.200. The first-order valence-electron chi connectivity index (χ1n) is 12.7. The predicted molar refractivity (Wildman–Crippen MR) is 227 cm³/mol. The van der Waals surface area contributed by atoms with Gasteiger partial charge in [0, 0.05) is 3.58 Å². The first-order valence-corrected chi connectivity index (χ1v) is 20.4. The van der Waals surface area contributed by atoms with Gasteiger partial charge >= 0.3 is 11.9 Å².